The van der Waals surface area contributed by atoms with E-state index >= 15 is 0 Å². The van der Waals surface area contributed by atoms with Crippen molar-refractivity contribution in [1.29, 1.82) is 0 Å². The highest BCUT2D eigenvalue weighted by molar-refractivity contribution is 5.91. The van der Waals surface area contributed by atoms with Crippen LogP contribution in [0.3, 0.4) is 0 Å². The van der Waals surface area contributed by atoms with Gasteiger partial charge in [-0.15, -0.1) is 0 Å². The summed E-state index contributed by atoms with van der Waals surface area (Å²) >= 11 is 0. The third-order valence-corrected chi connectivity index (χ3v) is 4.27. The van der Waals surface area contributed by atoms with E-state index in [-0.39, 0.29) is 11.9 Å². The Morgan fingerprint density at radius 3 is 2.50 bits per heavy atom. The van der Waals surface area contributed by atoms with Crippen molar-refractivity contribution < 1.29 is 18.8 Å². The third-order valence-electron chi connectivity index (χ3n) is 4.27. The van der Waals surface area contributed by atoms with Gasteiger partial charge in [-0.2, -0.15) is 0 Å². The lowest BCUT2D eigenvalue weighted by molar-refractivity contribution is -0.124. The third kappa shape index (κ3) is 2.84. The SMILES string of the molecule is COc1ccc(-c2cc(C3(C(=O)NC(C)C)CC3)no2)cc1OC. The molecule has 24 heavy (non-hydrogen) atoms. The molecule has 1 amide bonds. The standard InChI is InChI=1S/C18H22N2O4/c1-11(2)19-17(21)18(7-8-18)16-10-14(24-20-16)12-5-6-13(22-3)15(9-12)23-4/h5-6,9-11H,7-8H2,1-4H3,(H,19,21). The lowest BCUT2D eigenvalue weighted by atomic mass is 10.00. The van der Waals surface area contributed by atoms with Crippen molar-refractivity contribution in [2.24, 2.45) is 0 Å². The molecule has 1 fully saturated rings. The summed E-state index contributed by atoms with van der Waals surface area (Å²) in [4.78, 5) is 12.4. The summed E-state index contributed by atoms with van der Waals surface area (Å²) in [6.45, 7) is 3.90. The molecule has 0 radical (unpaired) electrons. The van der Waals surface area contributed by atoms with E-state index in [1.54, 1.807) is 14.2 Å². The van der Waals surface area contributed by atoms with E-state index in [9.17, 15) is 4.79 Å². The molecule has 1 heterocycles. The summed E-state index contributed by atoms with van der Waals surface area (Å²) in [5, 5.41) is 7.11. The summed E-state index contributed by atoms with van der Waals surface area (Å²) in [6.07, 6.45) is 1.59. The fourth-order valence-electron chi connectivity index (χ4n) is 2.75. The van der Waals surface area contributed by atoms with E-state index in [4.69, 9.17) is 14.0 Å². The predicted octanol–water partition coefficient (Wildman–Crippen LogP) is 2.92. The molecule has 0 saturated heterocycles. The van der Waals surface area contributed by atoms with Crippen molar-refractivity contribution in [1.82, 2.24) is 10.5 Å². The van der Waals surface area contributed by atoms with Gasteiger partial charge in [0.05, 0.1) is 25.3 Å². The van der Waals surface area contributed by atoms with Gasteiger partial charge in [0.2, 0.25) is 5.91 Å². The maximum Gasteiger partial charge on any atom is 0.232 e. The number of aromatic nitrogens is 1. The number of rotatable bonds is 6. The second kappa shape index (κ2) is 6.19. The molecule has 6 nitrogen and oxygen atoms in total. The first-order valence-corrected chi connectivity index (χ1v) is 8.01. The zero-order valence-electron chi connectivity index (χ0n) is 14.4. The van der Waals surface area contributed by atoms with Crippen molar-refractivity contribution in [2.45, 2.75) is 38.1 Å². The number of hydrogen-bond acceptors (Lipinski definition) is 5. The molecule has 0 unspecified atom stereocenters. The lowest BCUT2D eigenvalue weighted by Gasteiger charge is -2.14. The zero-order valence-corrected chi connectivity index (χ0v) is 14.4. The van der Waals surface area contributed by atoms with E-state index in [1.807, 2.05) is 38.1 Å². The smallest absolute Gasteiger partial charge is 0.232 e. The molecule has 0 bridgehead atoms. The Bertz CT molecular complexity index is 747. The average Bonchev–Trinajstić information content (AvgIpc) is 3.24. The van der Waals surface area contributed by atoms with Gasteiger partial charge in [-0.1, -0.05) is 5.16 Å². The Hall–Kier alpha value is -2.50. The van der Waals surface area contributed by atoms with Gasteiger partial charge in [-0.25, -0.2) is 0 Å². The number of benzene rings is 1. The molecule has 1 N–H and O–H groups in total. The highest BCUT2D eigenvalue weighted by Crippen LogP contribution is 2.48. The summed E-state index contributed by atoms with van der Waals surface area (Å²) in [5.74, 6) is 1.89. The van der Waals surface area contributed by atoms with Crippen molar-refractivity contribution in [3.05, 3.63) is 30.0 Å². The molecule has 6 heteroatoms. The highest BCUT2D eigenvalue weighted by atomic mass is 16.5. The molecule has 1 aliphatic carbocycles. The van der Waals surface area contributed by atoms with Gasteiger partial charge in [0.1, 0.15) is 0 Å². The van der Waals surface area contributed by atoms with Gasteiger partial charge < -0.3 is 19.3 Å². The molecular weight excluding hydrogens is 308 g/mol. The molecule has 2 aromatic rings. The molecule has 128 valence electrons. The normalized spacial score (nSPS) is 15.2. The van der Waals surface area contributed by atoms with E-state index in [1.165, 1.54) is 0 Å². The Kier molecular flexibility index (Phi) is 4.22. The largest absolute Gasteiger partial charge is 0.493 e. The van der Waals surface area contributed by atoms with Crippen LogP contribution >= 0.6 is 0 Å². The number of methoxy groups -OCH3 is 2. The van der Waals surface area contributed by atoms with Crippen LogP contribution in [0, 0.1) is 0 Å². The Morgan fingerprint density at radius 2 is 1.92 bits per heavy atom. The summed E-state index contributed by atoms with van der Waals surface area (Å²) in [7, 11) is 3.18. The minimum atomic E-state index is -0.539. The van der Waals surface area contributed by atoms with Crippen LogP contribution in [0.1, 0.15) is 32.4 Å². The van der Waals surface area contributed by atoms with Crippen molar-refractivity contribution in [3.63, 3.8) is 0 Å². The fraction of sp³-hybridized carbons (Fsp3) is 0.444. The molecular formula is C18H22N2O4. The minimum absolute atomic E-state index is 0.0182. The molecule has 0 aliphatic heterocycles. The number of carbonyl (C=O) groups excluding carboxylic acids is 1. The molecule has 0 spiro atoms. The topological polar surface area (TPSA) is 73.6 Å². The van der Waals surface area contributed by atoms with Crippen LogP contribution in [-0.4, -0.2) is 31.3 Å². The van der Waals surface area contributed by atoms with Crippen LogP contribution in [-0.2, 0) is 10.2 Å². The maximum atomic E-state index is 12.4. The lowest BCUT2D eigenvalue weighted by Crippen LogP contribution is -2.39. The number of nitrogens with zero attached hydrogens (tertiary/aromatic N) is 1. The maximum absolute atomic E-state index is 12.4. The zero-order chi connectivity index (χ0) is 17.3. The van der Waals surface area contributed by atoms with Crippen LogP contribution in [0.25, 0.3) is 11.3 Å². The Morgan fingerprint density at radius 1 is 1.21 bits per heavy atom. The van der Waals surface area contributed by atoms with Crippen LogP contribution in [0.4, 0.5) is 0 Å². The molecule has 1 aromatic carbocycles. The van der Waals surface area contributed by atoms with Crippen LogP contribution in [0.2, 0.25) is 0 Å². The number of carbonyl (C=O) groups is 1. The monoisotopic (exact) mass is 330 g/mol. The summed E-state index contributed by atoms with van der Waals surface area (Å²) < 4.78 is 16.0. The van der Waals surface area contributed by atoms with Gasteiger partial charge in [0.15, 0.2) is 17.3 Å². The first-order chi connectivity index (χ1) is 11.5. The first-order valence-electron chi connectivity index (χ1n) is 8.01. The van der Waals surface area contributed by atoms with E-state index in [0.717, 1.165) is 18.4 Å². The van der Waals surface area contributed by atoms with Crippen LogP contribution in [0.5, 0.6) is 11.5 Å². The second-order valence-electron chi connectivity index (χ2n) is 6.36. The predicted molar refractivity (Wildman–Crippen MR) is 89.2 cm³/mol. The molecule has 1 aliphatic rings. The van der Waals surface area contributed by atoms with E-state index in [2.05, 4.69) is 10.5 Å². The summed E-state index contributed by atoms with van der Waals surface area (Å²) in [6, 6.07) is 7.46. The second-order valence-corrected chi connectivity index (χ2v) is 6.36. The van der Waals surface area contributed by atoms with Gasteiger partial charge in [-0.05, 0) is 44.9 Å². The molecule has 3 rings (SSSR count). The van der Waals surface area contributed by atoms with Crippen molar-refractivity contribution >= 4 is 5.91 Å². The Labute approximate surface area is 141 Å². The van der Waals surface area contributed by atoms with Gasteiger partial charge in [-0.3, -0.25) is 4.79 Å². The van der Waals surface area contributed by atoms with E-state index in [0.29, 0.717) is 23.0 Å². The quantitative estimate of drug-likeness (QED) is 0.881. The van der Waals surface area contributed by atoms with Gasteiger partial charge in [0.25, 0.3) is 0 Å². The fourth-order valence-corrected chi connectivity index (χ4v) is 2.75. The highest BCUT2D eigenvalue weighted by Gasteiger charge is 2.53. The number of ether oxygens (including phenoxy) is 2. The van der Waals surface area contributed by atoms with Crippen molar-refractivity contribution in [3.8, 4) is 22.8 Å². The molecule has 1 aromatic heterocycles. The number of amides is 1. The summed E-state index contributed by atoms with van der Waals surface area (Å²) in [5.41, 5.74) is 0.972. The molecule has 0 atom stereocenters. The minimum Gasteiger partial charge on any atom is -0.493 e. The Balaban J connectivity index is 1.87. The average molecular weight is 330 g/mol. The first kappa shape index (κ1) is 16.4. The van der Waals surface area contributed by atoms with Gasteiger partial charge >= 0.3 is 0 Å². The molecule has 1 saturated carbocycles. The van der Waals surface area contributed by atoms with Crippen molar-refractivity contribution in [2.75, 3.05) is 14.2 Å². The van der Waals surface area contributed by atoms with E-state index < -0.39 is 5.41 Å². The number of hydrogen-bond donors (Lipinski definition) is 1. The van der Waals surface area contributed by atoms with Crippen LogP contribution in [0.15, 0.2) is 28.8 Å². The van der Waals surface area contributed by atoms with Crippen LogP contribution < -0.4 is 14.8 Å². The van der Waals surface area contributed by atoms with Gasteiger partial charge in [0, 0.05) is 17.7 Å². The number of nitrogens with one attached hydrogen (secondary N) is 1.